The lowest BCUT2D eigenvalue weighted by Crippen LogP contribution is -2.01. The van der Waals surface area contributed by atoms with Gasteiger partial charge in [0.05, 0.1) is 10.2 Å². The summed E-state index contributed by atoms with van der Waals surface area (Å²) in [5.41, 5.74) is 4.39. The maximum absolute atomic E-state index is 12.1. The fourth-order valence-electron chi connectivity index (χ4n) is 2.20. The highest BCUT2D eigenvalue weighted by Crippen LogP contribution is 2.26. The summed E-state index contributed by atoms with van der Waals surface area (Å²) in [4.78, 5) is 4.59. The third kappa shape index (κ3) is 3.74. The quantitative estimate of drug-likeness (QED) is 0.613. The lowest BCUT2D eigenvalue weighted by molar-refractivity contribution is -0.0498. The number of hydrogen-bond acceptors (Lipinski definition) is 3. The molecule has 0 bridgehead atoms. The lowest BCUT2D eigenvalue weighted by atomic mass is 10.1. The first-order valence-electron chi connectivity index (χ1n) is 7.12. The molecule has 0 spiro atoms. The Morgan fingerprint density at radius 3 is 2.43 bits per heavy atom. The average Bonchev–Trinajstić information content (AvgIpc) is 2.88. The molecule has 118 valence electrons. The Kier molecular flexibility index (Phi) is 4.39. The zero-order valence-electron chi connectivity index (χ0n) is 12.7. The van der Waals surface area contributed by atoms with Crippen LogP contribution in [0.25, 0.3) is 22.4 Å². The normalized spacial score (nSPS) is 11.7. The van der Waals surface area contributed by atoms with Gasteiger partial charge in [0.1, 0.15) is 10.8 Å². The molecule has 0 unspecified atom stereocenters. The van der Waals surface area contributed by atoms with E-state index >= 15 is 0 Å². The van der Waals surface area contributed by atoms with E-state index in [1.807, 2.05) is 12.2 Å². The first-order chi connectivity index (χ1) is 11.0. The number of halogens is 2. The van der Waals surface area contributed by atoms with Gasteiger partial charge in [-0.15, -0.1) is 11.3 Å². The molecule has 1 aromatic heterocycles. The van der Waals surface area contributed by atoms with E-state index in [1.54, 1.807) is 23.5 Å². The highest BCUT2D eigenvalue weighted by atomic mass is 32.1. The van der Waals surface area contributed by atoms with E-state index in [-0.39, 0.29) is 5.75 Å². The van der Waals surface area contributed by atoms with Crippen LogP contribution in [0.4, 0.5) is 8.78 Å². The number of nitrogens with zero attached hydrogens (tertiary/aromatic N) is 1. The first kappa shape index (κ1) is 15.6. The minimum atomic E-state index is -2.80. The Hall–Kier alpha value is -2.27. The third-order valence-corrected chi connectivity index (χ3v) is 4.53. The Labute approximate surface area is 137 Å². The van der Waals surface area contributed by atoms with E-state index in [1.165, 1.54) is 23.3 Å². The minimum Gasteiger partial charge on any atom is -0.435 e. The van der Waals surface area contributed by atoms with Crippen LogP contribution in [0.1, 0.15) is 21.7 Å². The second-order valence-corrected chi connectivity index (χ2v) is 6.30. The lowest BCUT2D eigenvalue weighted by Gasteiger charge is -2.03. The summed E-state index contributed by atoms with van der Waals surface area (Å²) >= 11 is 1.63. The van der Waals surface area contributed by atoms with Crippen molar-refractivity contribution in [2.75, 3.05) is 0 Å². The van der Waals surface area contributed by atoms with Gasteiger partial charge < -0.3 is 4.74 Å². The van der Waals surface area contributed by atoms with Crippen LogP contribution in [0.3, 0.4) is 0 Å². The molecular weight excluding hydrogens is 316 g/mol. The second kappa shape index (κ2) is 6.46. The standard InChI is InChI=1S/C18H15F2NOS/c1-11-9-15-16(10-12(11)2)23-17(21-15)8-5-13-3-6-14(7-4-13)22-18(19)20/h3-10,18H,1-2H3. The number of fused-ring (bicyclic) bond motifs is 1. The second-order valence-electron chi connectivity index (χ2n) is 5.24. The molecule has 0 aliphatic heterocycles. The summed E-state index contributed by atoms with van der Waals surface area (Å²) in [7, 11) is 0. The van der Waals surface area contributed by atoms with Gasteiger partial charge in [-0.3, -0.25) is 0 Å². The molecule has 0 saturated carbocycles. The molecule has 5 heteroatoms. The number of thiazole rings is 1. The number of aromatic nitrogens is 1. The van der Waals surface area contributed by atoms with Gasteiger partial charge in [0, 0.05) is 0 Å². The molecule has 0 N–H and O–H groups in total. The Morgan fingerprint density at radius 2 is 1.74 bits per heavy atom. The molecule has 23 heavy (non-hydrogen) atoms. The molecule has 0 fully saturated rings. The summed E-state index contributed by atoms with van der Waals surface area (Å²) in [5.74, 6) is 0.156. The minimum absolute atomic E-state index is 0.156. The van der Waals surface area contributed by atoms with Crippen molar-refractivity contribution in [3.63, 3.8) is 0 Å². The highest BCUT2D eigenvalue weighted by Gasteiger charge is 2.05. The SMILES string of the molecule is Cc1cc2nc(C=Cc3ccc(OC(F)F)cc3)sc2cc1C. The van der Waals surface area contributed by atoms with Gasteiger partial charge in [0.25, 0.3) is 0 Å². The first-order valence-corrected chi connectivity index (χ1v) is 7.93. The average molecular weight is 331 g/mol. The van der Waals surface area contributed by atoms with Gasteiger partial charge in [0.15, 0.2) is 0 Å². The van der Waals surface area contributed by atoms with E-state index in [9.17, 15) is 8.78 Å². The van der Waals surface area contributed by atoms with Crippen molar-refractivity contribution >= 4 is 33.7 Å². The zero-order valence-corrected chi connectivity index (χ0v) is 13.5. The summed E-state index contributed by atoms with van der Waals surface area (Å²) < 4.78 is 29.7. The number of alkyl halides is 2. The molecule has 0 aliphatic rings. The Bertz CT molecular complexity index is 814. The largest absolute Gasteiger partial charge is 0.435 e. The molecule has 0 atom stereocenters. The van der Waals surface area contributed by atoms with E-state index < -0.39 is 6.61 Å². The Balaban J connectivity index is 1.79. The predicted octanol–water partition coefficient (Wildman–Crippen LogP) is 5.68. The maximum atomic E-state index is 12.1. The fourth-order valence-corrected chi connectivity index (χ4v) is 3.15. The van der Waals surface area contributed by atoms with Crippen molar-refractivity contribution in [1.29, 1.82) is 0 Å². The molecule has 0 saturated heterocycles. The topological polar surface area (TPSA) is 22.1 Å². The third-order valence-electron chi connectivity index (χ3n) is 3.54. The number of benzene rings is 2. The van der Waals surface area contributed by atoms with E-state index in [0.717, 1.165) is 20.8 Å². The summed E-state index contributed by atoms with van der Waals surface area (Å²) in [6, 6.07) is 10.8. The predicted molar refractivity (Wildman–Crippen MR) is 91.1 cm³/mol. The molecular formula is C18H15F2NOS. The summed E-state index contributed by atoms with van der Waals surface area (Å²) in [5, 5.41) is 0.915. The van der Waals surface area contributed by atoms with E-state index in [0.29, 0.717) is 0 Å². The number of aryl methyl sites for hydroxylation is 2. The Morgan fingerprint density at radius 1 is 1.04 bits per heavy atom. The molecule has 0 aliphatic carbocycles. The molecule has 0 radical (unpaired) electrons. The van der Waals surface area contributed by atoms with Crippen LogP contribution in [-0.2, 0) is 0 Å². The summed E-state index contributed by atoms with van der Waals surface area (Å²) in [6.07, 6.45) is 3.84. The van der Waals surface area contributed by atoms with E-state index in [4.69, 9.17) is 0 Å². The molecule has 2 aromatic carbocycles. The van der Waals surface area contributed by atoms with Crippen LogP contribution in [-0.4, -0.2) is 11.6 Å². The van der Waals surface area contributed by atoms with Crippen LogP contribution in [0, 0.1) is 13.8 Å². The van der Waals surface area contributed by atoms with Crippen molar-refractivity contribution in [3.8, 4) is 5.75 Å². The number of hydrogen-bond donors (Lipinski definition) is 0. The van der Waals surface area contributed by atoms with Crippen LogP contribution in [0.15, 0.2) is 36.4 Å². The fraction of sp³-hybridized carbons (Fsp3) is 0.167. The molecule has 0 amide bonds. The zero-order chi connectivity index (χ0) is 16.4. The van der Waals surface area contributed by atoms with Crippen LogP contribution < -0.4 is 4.74 Å². The highest BCUT2D eigenvalue weighted by molar-refractivity contribution is 7.19. The van der Waals surface area contributed by atoms with Gasteiger partial charge in [-0.25, -0.2) is 4.98 Å². The smallest absolute Gasteiger partial charge is 0.387 e. The summed E-state index contributed by atoms with van der Waals surface area (Å²) in [6.45, 7) is 1.37. The van der Waals surface area contributed by atoms with Gasteiger partial charge in [0.2, 0.25) is 0 Å². The van der Waals surface area contributed by atoms with Gasteiger partial charge >= 0.3 is 6.61 Å². The van der Waals surface area contributed by atoms with Crippen LogP contribution in [0.2, 0.25) is 0 Å². The van der Waals surface area contributed by atoms with E-state index in [2.05, 4.69) is 35.7 Å². The van der Waals surface area contributed by atoms with Gasteiger partial charge in [-0.2, -0.15) is 8.78 Å². The van der Waals surface area contributed by atoms with Gasteiger partial charge in [-0.1, -0.05) is 18.2 Å². The van der Waals surface area contributed by atoms with Crippen molar-refractivity contribution in [3.05, 3.63) is 58.1 Å². The maximum Gasteiger partial charge on any atom is 0.387 e. The van der Waals surface area contributed by atoms with Crippen LogP contribution in [0.5, 0.6) is 5.75 Å². The van der Waals surface area contributed by atoms with Crippen molar-refractivity contribution in [1.82, 2.24) is 4.98 Å². The molecule has 2 nitrogen and oxygen atoms in total. The van der Waals surface area contributed by atoms with Gasteiger partial charge in [-0.05, 0) is 60.9 Å². The molecule has 3 rings (SSSR count). The number of ether oxygens (including phenoxy) is 1. The number of rotatable bonds is 4. The molecule has 1 heterocycles. The van der Waals surface area contributed by atoms with Crippen molar-refractivity contribution < 1.29 is 13.5 Å². The van der Waals surface area contributed by atoms with Crippen molar-refractivity contribution in [2.45, 2.75) is 20.5 Å². The monoisotopic (exact) mass is 331 g/mol. The van der Waals surface area contributed by atoms with Crippen LogP contribution >= 0.6 is 11.3 Å². The van der Waals surface area contributed by atoms with Crippen molar-refractivity contribution in [2.24, 2.45) is 0 Å². The molecule has 3 aromatic rings.